The molecule has 1 fully saturated rings. The van der Waals surface area contributed by atoms with Crippen LogP contribution in [0.25, 0.3) is 11.3 Å². The number of hydrogen-bond donors (Lipinski definition) is 1. The molecule has 3 rings (SSSR count). The molecule has 0 amide bonds. The molecule has 140 valence electrons. The van der Waals surface area contributed by atoms with E-state index in [1.54, 1.807) is 18.3 Å². The number of likely N-dealkylation sites (tertiary alicyclic amines) is 1. The molecule has 0 radical (unpaired) electrons. The number of rotatable bonds is 6. The number of hydrogen-bond acceptors (Lipinski definition) is 5. The van der Waals surface area contributed by atoms with Gasteiger partial charge in [0, 0.05) is 23.7 Å². The van der Waals surface area contributed by atoms with E-state index in [-0.39, 0.29) is 17.8 Å². The van der Waals surface area contributed by atoms with E-state index in [0.717, 1.165) is 31.4 Å². The van der Waals surface area contributed by atoms with Gasteiger partial charge in [-0.25, -0.2) is 4.39 Å². The summed E-state index contributed by atoms with van der Waals surface area (Å²) >= 11 is 0. The molecule has 2 heterocycles. The zero-order valence-electron chi connectivity index (χ0n) is 15.1. The van der Waals surface area contributed by atoms with Gasteiger partial charge in [-0.05, 0) is 38.4 Å². The quantitative estimate of drug-likeness (QED) is 0.801. The maximum atomic E-state index is 14.4. The van der Waals surface area contributed by atoms with E-state index in [0.29, 0.717) is 30.2 Å². The number of piperidine rings is 1. The lowest BCUT2D eigenvalue weighted by Crippen LogP contribution is -2.44. The van der Waals surface area contributed by atoms with Crippen molar-refractivity contribution in [2.24, 2.45) is 0 Å². The maximum absolute atomic E-state index is 14.4. The highest BCUT2D eigenvalue weighted by Crippen LogP contribution is 2.29. The molecule has 6 nitrogen and oxygen atoms in total. The summed E-state index contributed by atoms with van der Waals surface area (Å²) in [7, 11) is 1.50. The van der Waals surface area contributed by atoms with Crippen LogP contribution in [0.15, 0.2) is 24.4 Å². The third-order valence-corrected chi connectivity index (χ3v) is 4.71. The molecule has 1 N–H and O–H groups in total. The third kappa shape index (κ3) is 3.88. The van der Waals surface area contributed by atoms with Crippen molar-refractivity contribution < 1.29 is 18.7 Å². The van der Waals surface area contributed by atoms with E-state index in [4.69, 9.17) is 9.47 Å². The third-order valence-electron chi connectivity index (χ3n) is 4.71. The highest BCUT2D eigenvalue weighted by Gasteiger charge is 2.30. The summed E-state index contributed by atoms with van der Waals surface area (Å²) in [4.78, 5) is 14.3. The van der Waals surface area contributed by atoms with Crippen LogP contribution in [0.5, 0.6) is 5.75 Å². The Morgan fingerprint density at radius 1 is 1.42 bits per heavy atom. The molecule has 1 saturated heterocycles. The molecule has 0 aliphatic carbocycles. The summed E-state index contributed by atoms with van der Waals surface area (Å²) < 4.78 is 24.7. The number of ether oxygens (including phenoxy) is 2. The van der Waals surface area contributed by atoms with E-state index in [9.17, 15) is 9.18 Å². The van der Waals surface area contributed by atoms with Crippen LogP contribution >= 0.6 is 0 Å². The fourth-order valence-corrected chi connectivity index (χ4v) is 3.39. The zero-order valence-corrected chi connectivity index (χ0v) is 15.1. The zero-order chi connectivity index (χ0) is 18.5. The van der Waals surface area contributed by atoms with Crippen LogP contribution in [0, 0.1) is 5.82 Å². The number of carbonyl (C=O) groups excluding carboxylic acids is 1. The molecule has 26 heavy (non-hydrogen) atoms. The molecule has 1 atom stereocenters. The predicted molar refractivity (Wildman–Crippen MR) is 95.2 cm³/mol. The average Bonchev–Trinajstić information content (AvgIpc) is 3.10. The van der Waals surface area contributed by atoms with Gasteiger partial charge in [-0.3, -0.25) is 14.8 Å². The van der Waals surface area contributed by atoms with Gasteiger partial charge in [0.1, 0.15) is 17.6 Å². The SMILES string of the molecule is CCOC(=O)[C@@H]1CCCCN1Cc1cn[nH]c1-c1ccc(OC)cc1F. The number of nitrogens with zero attached hydrogens (tertiary/aromatic N) is 2. The van der Waals surface area contributed by atoms with Crippen LogP contribution in [-0.2, 0) is 16.1 Å². The summed E-state index contributed by atoms with van der Waals surface area (Å²) in [6.07, 6.45) is 4.50. The summed E-state index contributed by atoms with van der Waals surface area (Å²) in [6, 6.07) is 4.48. The monoisotopic (exact) mass is 361 g/mol. The van der Waals surface area contributed by atoms with Crippen LogP contribution < -0.4 is 4.74 Å². The van der Waals surface area contributed by atoms with E-state index >= 15 is 0 Å². The van der Waals surface area contributed by atoms with Crippen molar-refractivity contribution in [3.8, 4) is 17.0 Å². The van der Waals surface area contributed by atoms with Gasteiger partial charge in [0.25, 0.3) is 0 Å². The van der Waals surface area contributed by atoms with Crippen LogP contribution in [0.3, 0.4) is 0 Å². The number of carbonyl (C=O) groups is 1. The minimum Gasteiger partial charge on any atom is -0.497 e. The highest BCUT2D eigenvalue weighted by molar-refractivity contribution is 5.76. The van der Waals surface area contributed by atoms with E-state index in [1.807, 2.05) is 6.92 Å². The predicted octanol–water partition coefficient (Wildman–Crippen LogP) is 3.14. The molecule has 0 spiro atoms. The van der Waals surface area contributed by atoms with Gasteiger partial charge in [-0.15, -0.1) is 0 Å². The minimum atomic E-state index is -0.379. The molecule has 1 aliphatic rings. The molecule has 0 bridgehead atoms. The van der Waals surface area contributed by atoms with Crippen molar-refractivity contribution in [3.63, 3.8) is 0 Å². The Balaban J connectivity index is 1.83. The van der Waals surface area contributed by atoms with Gasteiger partial charge >= 0.3 is 5.97 Å². The number of halogens is 1. The van der Waals surface area contributed by atoms with Crippen molar-refractivity contribution in [2.45, 2.75) is 38.8 Å². The number of benzene rings is 1. The lowest BCUT2D eigenvalue weighted by Gasteiger charge is -2.33. The van der Waals surface area contributed by atoms with Crippen molar-refractivity contribution in [1.29, 1.82) is 0 Å². The Labute approximate surface area is 152 Å². The molecular formula is C19H24FN3O3. The Kier molecular flexibility index (Phi) is 5.88. The molecule has 0 saturated carbocycles. The number of esters is 1. The first-order chi connectivity index (χ1) is 12.6. The fraction of sp³-hybridized carbons (Fsp3) is 0.474. The summed E-state index contributed by atoms with van der Waals surface area (Å²) in [5.41, 5.74) is 1.91. The molecule has 1 aromatic heterocycles. The Bertz CT molecular complexity index is 762. The van der Waals surface area contributed by atoms with Gasteiger partial charge in [0.05, 0.1) is 25.6 Å². The number of nitrogens with one attached hydrogen (secondary N) is 1. The second-order valence-electron chi connectivity index (χ2n) is 6.35. The number of aromatic nitrogens is 2. The first kappa shape index (κ1) is 18.4. The average molecular weight is 361 g/mol. The van der Waals surface area contributed by atoms with Gasteiger partial charge in [-0.1, -0.05) is 6.42 Å². The standard InChI is InChI=1S/C19H24FN3O3/c1-3-26-19(24)17-6-4-5-9-23(17)12-13-11-21-22-18(13)15-8-7-14(25-2)10-16(15)20/h7-8,10-11,17H,3-6,9,12H2,1-2H3,(H,21,22)/t17-/m0/s1. The first-order valence-corrected chi connectivity index (χ1v) is 8.91. The van der Waals surface area contributed by atoms with Gasteiger partial charge in [0.15, 0.2) is 0 Å². The smallest absolute Gasteiger partial charge is 0.323 e. The minimum absolute atomic E-state index is 0.187. The molecule has 7 heteroatoms. The molecule has 1 aromatic carbocycles. The number of aromatic amines is 1. The Morgan fingerprint density at radius 3 is 3.00 bits per heavy atom. The van der Waals surface area contributed by atoms with E-state index in [2.05, 4.69) is 15.1 Å². The van der Waals surface area contributed by atoms with E-state index in [1.165, 1.54) is 13.2 Å². The van der Waals surface area contributed by atoms with Crippen LogP contribution in [0.2, 0.25) is 0 Å². The molecule has 2 aromatic rings. The summed E-state index contributed by atoms with van der Waals surface area (Å²) in [6.45, 7) is 3.50. The van der Waals surface area contributed by atoms with Gasteiger partial charge in [-0.2, -0.15) is 5.10 Å². The number of methoxy groups -OCH3 is 1. The fourth-order valence-electron chi connectivity index (χ4n) is 3.39. The molecular weight excluding hydrogens is 337 g/mol. The molecule has 0 unspecified atom stereocenters. The van der Waals surface area contributed by atoms with E-state index < -0.39 is 0 Å². The summed E-state index contributed by atoms with van der Waals surface area (Å²) in [5, 5.41) is 6.97. The van der Waals surface area contributed by atoms with Gasteiger partial charge < -0.3 is 9.47 Å². The molecule has 1 aliphatic heterocycles. The Hall–Kier alpha value is -2.41. The topological polar surface area (TPSA) is 67.5 Å². The van der Waals surface area contributed by atoms with Crippen LogP contribution in [0.1, 0.15) is 31.7 Å². The number of H-pyrrole nitrogens is 1. The lowest BCUT2D eigenvalue weighted by molar-refractivity contribution is -0.151. The highest BCUT2D eigenvalue weighted by atomic mass is 19.1. The van der Waals surface area contributed by atoms with Crippen molar-refractivity contribution >= 4 is 5.97 Å². The largest absolute Gasteiger partial charge is 0.497 e. The van der Waals surface area contributed by atoms with Crippen LogP contribution in [0.4, 0.5) is 4.39 Å². The Morgan fingerprint density at radius 2 is 2.27 bits per heavy atom. The maximum Gasteiger partial charge on any atom is 0.323 e. The summed E-state index contributed by atoms with van der Waals surface area (Å²) in [5.74, 6) is -0.103. The second-order valence-corrected chi connectivity index (χ2v) is 6.35. The second kappa shape index (κ2) is 8.31. The van der Waals surface area contributed by atoms with Crippen molar-refractivity contribution in [1.82, 2.24) is 15.1 Å². The lowest BCUT2D eigenvalue weighted by atomic mass is 10.0. The van der Waals surface area contributed by atoms with Crippen molar-refractivity contribution in [3.05, 3.63) is 35.8 Å². The van der Waals surface area contributed by atoms with Crippen LogP contribution in [-0.4, -0.2) is 47.4 Å². The van der Waals surface area contributed by atoms with Crippen molar-refractivity contribution in [2.75, 3.05) is 20.3 Å². The van der Waals surface area contributed by atoms with Gasteiger partial charge in [0.2, 0.25) is 0 Å². The normalized spacial score (nSPS) is 17.9. The first-order valence-electron chi connectivity index (χ1n) is 8.91.